The van der Waals surface area contributed by atoms with Gasteiger partial charge in [0.15, 0.2) is 0 Å². The van der Waals surface area contributed by atoms with Crippen molar-refractivity contribution in [1.82, 2.24) is 0 Å². The Labute approximate surface area is 101 Å². The van der Waals surface area contributed by atoms with Crippen LogP contribution in [-0.4, -0.2) is 7.11 Å². The molecule has 3 rings (SSSR count). The third kappa shape index (κ3) is 1.93. The summed E-state index contributed by atoms with van der Waals surface area (Å²) < 4.78 is 18.9. The summed E-state index contributed by atoms with van der Waals surface area (Å²) in [6, 6.07) is 4.82. The van der Waals surface area contributed by atoms with Crippen molar-refractivity contribution >= 4 is 0 Å². The number of nitrogens with two attached hydrogens (primary N) is 1. The molecule has 2 N–H and O–H groups in total. The fourth-order valence-corrected chi connectivity index (χ4v) is 3.21. The Morgan fingerprint density at radius 3 is 2.59 bits per heavy atom. The molecular formula is C14H18FNO. The lowest BCUT2D eigenvalue weighted by Crippen LogP contribution is -2.21. The second-order valence-electron chi connectivity index (χ2n) is 5.40. The molecule has 17 heavy (non-hydrogen) atoms. The zero-order valence-corrected chi connectivity index (χ0v) is 10.0. The van der Waals surface area contributed by atoms with Gasteiger partial charge in [0.2, 0.25) is 0 Å². The van der Waals surface area contributed by atoms with Crippen molar-refractivity contribution in [3.05, 3.63) is 29.6 Å². The average molecular weight is 235 g/mol. The molecule has 1 aromatic carbocycles. The third-order valence-electron chi connectivity index (χ3n) is 4.35. The Morgan fingerprint density at radius 2 is 2.00 bits per heavy atom. The van der Waals surface area contributed by atoms with E-state index < -0.39 is 0 Å². The Hall–Kier alpha value is -1.09. The van der Waals surface area contributed by atoms with Gasteiger partial charge in [-0.25, -0.2) is 4.39 Å². The maximum atomic E-state index is 13.9. The fraction of sp³-hybridized carbons (Fsp3) is 0.571. The van der Waals surface area contributed by atoms with Gasteiger partial charge in [-0.05, 0) is 43.1 Å². The number of halogens is 1. The number of ether oxygens (including phenoxy) is 1. The lowest BCUT2D eigenvalue weighted by Gasteiger charge is -2.21. The van der Waals surface area contributed by atoms with E-state index in [4.69, 9.17) is 10.5 Å². The van der Waals surface area contributed by atoms with E-state index in [1.807, 2.05) is 0 Å². The minimum absolute atomic E-state index is 0.159. The van der Waals surface area contributed by atoms with Crippen LogP contribution in [0.5, 0.6) is 5.75 Å². The number of rotatable bonds is 3. The van der Waals surface area contributed by atoms with E-state index in [0.29, 0.717) is 17.2 Å². The highest BCUT2D eigenvalue weighted by Crippen LogP contribution is 2.56. The van der Waals surface area contributed by atoms with Crippen molar-refractivity contribution in [3.8, 4) is 5.75 Å². The number of benzene rings is 1. The predicted octanol–water partition coefficient (Wildman–Crippen LogP) is 2.88. The van der Waals surface area contributed by atoms with E-state index in [2.05, 4.69) is 0 Å². The van der Waals surface area contributed by atoms with Crippen LogP contribution < -0.4 is 10.5 Å². The Kier molecular flexibility index (Phi) is 2.58. The van der Waals surface area contributed by atoms with Crippen molar-refractivity contribution < 1.29 is 9.13 Å². The van der Waals surface area contributed by atoms with Gasteiger partial charge in [0, 0.05) is 17.7 Å². The van der Waals surface area contributed by atoms with Gasteiger partial charge in [-0.2, -0.15) is 0 Å². The van der Waals surface area contributed by atoms with Gasteiger partial charge < -0.3 is 10.5 Å². The first-order valence-electron chi connectivity index (χ1n) is 6.28. The van der Waals surface area contributed by atoms with E-state index in [1.54, 1.807) is 19.2 Å². The molecule has 0 spiro atoms. The minimum Gasteiger partial charge on any atom is -0.497 e. The first kappa shape index (κ1) is 11.0. The first-order valence-corrected chi connectivity index (χ1v) is 6.28. The van der Waals surface area contributed by atoms with E-state index in [0.717, 1.165) is 11.8 Å². The van der Waals surface area contributed by atoms with E-state index in [1.165, 1.54) is 25.3 Å². The summed E-state index contributed by atoms with van der Waals surface area (Å²) in [7, 11) is 1.54. The maximum Gasteiger partial charge on any atom is 0.131 e. The van der Waals surface area contributed by atoms with Crippen LogP contribution in [-0.2, 0) is 0 Å². The van der Waals surface area contributed by atoms with Crippen LogP contribution in [0.2, 0.25) is 0 Å². The molecule has 3 heteroatoms. The maximum absolute atomic E-state index is 13.9. The lowest BCUT2D eigenvalue weighted by molar-refractivity contribution is 0.387. The molecule has 0 bridgehead atoms. The Morgan fingerprint density at radius 1 is 1.29 bits per heavy atom. The summed E-state index contributed by atoms with van der Waals surface area (Å²) in [6.07, 6.45) is 3.73. The molecule has 2 fully saturated rings. The number of hydrogen-bond donors (Lipinski definition) is 1. The van der Waals surface area contributed by atoms with Crippen LogP contribution >= 0.6 is 0 Å². The van der Waals surface area contributed by atoms with Crippen LogP contribution in [0.1, 0.15) is 30.9 Å². The van der Waals surface area contributed by atoms with Crippen molar-refractivity contribution in [2.45, 2.75) is 25.3 Å². The number of methoxy groups -OCH3 is 1. The van der Waals surface area contributed by atoms with Gasteiger partial charge in [-0.1, -0.05) is 6.07 Å². The summed E-state index contributed by atoms with van der Waals surface area (Å²) in [5.41, 5.74) is 6.83. The third-order valence-corrected chi connectivity index (χ3v) is 4.35. The molecule has 0 heterocycles. The second-order valence-corrected chi connectivity index (χ2v) is 5.40. The van der Waals surface area contributed by atoms with Gasteiger partial charge in [-0.15, -0.1) is 0 Å². The largest absolute Gasteiger partial charge is 0.497 e. The zero-order chi connectivity index (χ0) is 12.0. The topological polar surface area (TPSA) is 35.2 Å². The van der Waals surface area contributed by atoms with Gasteiger partial charge in [-0.3, -0.25) is 0 Å². The van der Waals surface area contributed by atoms with Crippen molar-refractivity contribution in [3.63, 3.8) is 0 Å². The highest BCUT2D eigenvalue weighted by atomic mass is 19.1. The normalized spacial score (nSPS) is 32.1. The molecule has 3 atom stereocenters. The molecular weight excluding hydrogens is 217 g/mol. The summed E-state index contributed by atoms with van der Waals surface area (Å²) >= 11 is 0. The Bertz CT molecular complexity index is 424. The molecule has 3 unspecified atom stereocenters. The first-order chi connectivity index (χ1) is 8.19. The predicted molar refractivity (Wildman–Crippen MR) is 64.2 cm³/mol. The summed E-state index contributed by atoms with van der Waals surface area (Å²) in [5, 5.41) is 0. The van der Waals surface area contributed by atoms with Crippen LogP contribution in [0.15, 0.2) is 18.2 Å². The highest BCUT2D eigenvalue weighted by molar-refractivity contribution is 5.31. The fourth-order valence-electron chi connectivity index (χ4n) is 3.21. The summed E-state index contributed by atoms with van der Waals surface area (Å²) in [5.74, 6) is 2.53. The number of hydrogen-bond acceptors (Lipinski definition) is 2. The average Bonchev–Trinajstić information content (AvgIpc) is 2.95. The van der Waals surface area contributed by atoms with Crippen LogP contribution in [0.25, 0.3) is 0 Å². The standard InChI is InChI=1S/C14H18FNO/c1-17-11-2-3-12(13(15)7-11)14(16)10-5-8-4-9(8)6-10/h2-3,7-10,14H,4-6,16H2,1H3. The number of fused-ring (bicyclic) bond motifs is 1. The van der Waals surface area contributed by atoms with Crippen molar-refractivity contribution in [1.29, 1.82) is 0 Å². The molecule has 2 saturated carbocycles. The molecule has 1 aromatic rings. The van der Waals surface area contributed by atoms with E-state index >= 15 is 0 Å². The monoisotopic (exact) mass is 235 g/mol. The lowest BCUT2D eigenvalue weighted by atomic mass is 9.89. The van der Waals surface area contributed by atoms with E-state index in [9.17, 15) is 4.39 Å². The van der Waals surface area contributed by atoms with Gasteiger partial charge >= 0.3 is 0 Å². The van der Waals surface area contributed by atoms with Gasteiger partial charge in [0.25, 0.3) is 0 Å². The van der Waals surface area contributed by atoms with Crippen molar-refractivity contribution in [2.24, 2.45) is 23.5 Å². The molecule has 0 amide bonds. The minimum atomic E-state index is -0.238. The quantitative estimate of drug-likeness (QED) is 0.874. The zero-order valence-electron chi connectivity index (χ0n) is 10.0. The molecule has 0 aromatic heterocycles. The SMILES string of the molecule is COc1ccc(C(N)C2CC3CC3C2)c(F)c1. The highest BCUT2D eigenvalue weighted by Gasteiger charge is 2.47. The molecule has 0 saturated heterocycles. The molecule has 2 nitrogen and oxygen atoms in total. The molecule has 2 aliphatic carbocycles. The summed E-state index contributed by atoms with van der Waals surface area (Å²) in [4.78, 5) is 0. The van der Waals surface area contributed by atoms with E-state index in [-0.39, 0.29) is 11.9 Å². The molecule has 2 aliphatic rings. The second kappa shape index (κ2) is 3.98. The van der Waals surface area contributed by atoms with Gasteiger partial charge in [0.05, 0.1) is 7.11 Å². The molecule has 0 aliphatic heterocycles. The van der Waals surface area contributed by atoms with Crippen LogP contribution in [0.3, 0.4) is 0 Å². The smallest absolute Gasteiger partial charge is 0.131 e. The van der Waals surface area contributed by atoms with Gasteiger partial charge in [0.1, 0.15) is 11.6 Å². The molecule has 92 valence electrons. The molecule has 0 radical (unpaired) electrons. The van der Waals surface area contributed by atoms with Crippen LogP contribution in [0.4, 0.5) is 4.39 Å². The van der Waals surface area contributed by atoms with Crippen molar-refractivity contribution in [2.75, 3.05) is 7.11 Å². The Balaban J connectivity index is 1.78. The van der Waals surface area contributed by atoms with Crippen LogP contribution in [0, 0.1) is 23.6 Å². The summed E-state index contributed by atoms with van der Waals surface area (Å²) in [6.45, 7) is 0.